The lowest BCUT2D eigenvalue weighted by Gasteiger charge is -2.18. The molecule has 0 aliphatic rings. The third-order valence-electron chi connectivity index (χ3n) is 4.61. The molecule has 0 aromatic heterocycles. The van der Waals surface area contributed by atoms with E-state index >= 15 is 0 Å². The van der Waals surface area contributed by atoms with Crippen molar-refractivity contribution in [3.05, 3.63) is 77.9 Å². The number of alkyl halides is 6. The van der Waals surface area contributed by atoms with Crippen molar-refractivity contribution in [3.63, 3.8) is 0 Å². The number of amides is 1. The Morgan fingerprint density at radius 1 is 0.912 bits per heavy atom. The van der Waals surface area contributed by atoms with E-state index in [2.05, 4.69) is 10.1 Å². The van der Waals surface area contributed by atoms with Gasteiger partial charge in [0.2, 0.25) is 5.91 Å². The van der Waals surface area contributed by atoms with Crippen LogP contribution in [0.3, 0.4) is 0 Å². The Balaban J connectivity index is 1.86. The monoisotopic (exact) mass is 499 g/mol. The summed E-state index contributed by atoms with van der Waals surface area (Å²) in [6.07, 6.45) is -10.0. The summed E-state index contributed by atoms with van der Waals surface area (Å²) < 4.78 is 83.4. The van der Waals surface area contributed by atoms with E-state index in [4.69, 9.17) is 0 Å². The molecule has 3 aromatic rings. The minimum Gasteiger partial charge on any atom is -0.405 e. The van der Waals surface area contributed by atoms with Gasteiger partial charge in [-0.3, -0.25) is 4.79 Å². The molecule has 0 aliphatic heterocycles. The van der Waals surface area contributed by atoms with Crippen molar-refractivity contribution in [2.24, 2.45) is 0 Å². The largest absolute Gasteiger partial charge is 0.573 e. The van der Waals surface area contributed by atoms with Crippen molar-refractivity contribution in [2.75, 3.05) is 11.1 Å². The van der Waals surface area contributed by atoms with Crippen LogP contribution in [0.15, 0.2) is 71.6 Å². The van der Waals surface area contributed by atoms with Crippen LogP contribution in [0.2, 0.25) is 0 Å². The zero-order valence-electron chi connectivity index (χ0n) is 17.8. The van der Waals surface area contributed by atoms with Crippen LogP contribution in [0, 0.1) is 0 Å². The average Bonchev–Trinajstić information content (AvgIpc) is 2.74. The lowest BCUT2D eigenvalue weighted by molar-refractivity contribution is -0.274. The highest BCUT2D eigenvalue weighted by molar-refractivity contribution is 7.99. The molecule has 0 aliphatic carbocycles. The van der Waals surface area contributed by atoms with Crippen LogP contribution >= 0.6 is 11.8 Å². The molecule has 10 heteroatoms. The van der Waals surface area contributed by atoms with Gasteiger partial charge in [0.15, 0.2) is 0 Å². The quantitative estimate of drug-likeness (QED) is 0.269. The standard InChI is InChI=1S/C24H19F6NO2S/c1-2-34-17-10-7-15(8-11-17)13-22(32)31-16-9-12-18(20(14-16)23(25,26)27)19-5-3-4-6-21(19)33-24(28,29)30/h3-12,14H,2,13H2,1H3,(H,31,32). The van der Waals surface area contributed by atoms with Gasteiger partial charge in [-0.25, -0.2) is 0 Å². The van der Waals surface area contributed by atoms with Gasteiger partial charge in [0.05, 0.1) is 12.0 Å². The van der Waals surface area contributed by atoms with Crippen molar-refractivity contribution in [1.29, 1.82) is 0 Å². The maximum absolute atomic E-state index is 13.8. The van der Waals surface area contributed by atoms with Gasteiger partial charge in [0, 0.05) is 16.1 Å². The molecule has 3 rings (SSSR count). The number of rotatable bonds is 7. The zero-order chi connectivity index (χ0) is 24.9. The summed E-state index contributed by atoms with van der Waals surface area (Å²) in [7, 11) is 0. The first-order valence-corrected chi connectivity index (χ1v) is 11.0. The minimum atomic E-state index is -5.07. The number of benzene rings is 3. The number of thioether (sulfide) groups is 1. The second-order valence-corrected chi connectivity index (χ2v) is 8.44. The Morgan fingerprint density at radius 3 is 2.21 bits per heavy atom. The number of hydrogen-bond acceptors (Lipinski definition) is 3. The van der Waals surface area contributed by atoms with E-state index in [9.17, 15) is 31.1 Å². The normalized spacial score (nSPS) is 11.9. The number of ether oxygens (including phenoxy) is 1. The molecule has 34 heavy (non-hydrogen) atoms. The second kappa shape index (κ2) is 10.4. The van der Waals surface area contributed by atoms with Gasteiger partial charge >= 0.3 is 12.5 Å². The van der Waals surface area contributed by atoms with Gasteiger partial charge in [-0.15, -0.1) is 24.9 Å². The minimum absolute atomic E-state index is 0.0531. The summed E-state index contributed by atoms with van der Waals surface area (Å²) in [5.41, 5.74) is -1.54. The topological polar surface area (TPSA) is 38.3 Å². The van der Waals surface area contributed by atoms with Gasteiger partial charge in [0.1, 0.15) is 5.75 Å². The molecule has 1 amide bonds. The van der Waals surface area contributed by atoms with Gasteiger partial charge in [-0.2, -0.15) is 13.2 Å². The third kappa shape index (κ3) is 6.93. The number of carbonyl (C=O) groups is 1. The molecule has 0 atom stereocenters. The molecule has 0 bridgehead atoms. The van der Waals surface area contributed by atoms with Crippen LogP contribution in [-0.4, -0.2) is 18.0 Å². The van der Waals surface area contributed by atoms with Crippen molar-refractivity contribution < 1.29 is 35.9 Å². The molecular weight excluding hydrogens is 480 g/mol. The molecule has 0 fully saturated rings. The fourth-order valence-corrected chi connectivity index (χ4v) is 3.92. The highest BCUT2D eigenvalue weighted by Gasteiger charge is 2.36. The average molecular weight is 499 g/mol. The summed E-state index contributed by atoms with van der Waals surface area (Å²) in [6, 6.07) is 14.7. The second-order valence-electron chi connectivity index (χ2n) is 7.10. The van der Waals surface area contributed by atoms with E-state index < -0.39 is 35.3 Å². The number of anilines is 1. The van der Waals surface area contributed by atoms with Crippen LogP contribution in [0.4, 0.5) is 32.0 Å². The molecular formula is C24H19F6NO2S. The molecule has 0 saturated heterocycles. The molecule has 0 saturated carbocycles. The summed E-state index contributed by atoms with van der Waals surface area (Å²) in [6.45, 7) is 2.01. The molecule has 180 valence electrons. The Kier molecular flexibility index (Phi) is 7.81. The van der Waals surface area contributed by atoms with Gasteiger partial charge in [-0.05, 0) is 47.2 Å². The van der Waals surface area contributed by atoms with Crippen LogP contribution in [0.5, 0.6) is 5.75 Å². The number of carbonyl (C=O) groups excluding carboxylic acids is 1. The fourth-order valence-electron chi connectivity index (χ4n) is 3.26. The first-order chi connectivity index (χ1) is 16.0. The Labute approximate surface area is 196 Å². The van der Waals surface area contributed by atoms with E-state index in [1.165, 1.54) is 18.2 Å². The number of hydrogen-bond donors (Lipinski definition) is 1. The van der Waals surface area contributed by atoms with E-state index in [1.807, 2.05) is 19.1 Å². The van der Waals surface area contributed by atoms with E-state index in [0.29, 0.717) is 11.6 Å². The maximum Gasteiger partial charge on any atom is 0.573 e. The summed E-state index contributed by atoms with van der Waals surface area (Å²) in [5.74, 6) is -0.399. The van der Waals surface area contributed by atoms with E-state index in [1.54, 1.807) is 23.9 Å². The first-order valence-electron chi connectivity index (χ1n) is 10.0. The van der Waals surface area contributed by atoms with Crippen LogP contribution in [0.25, 0.3) is 11.1 Å². The Bertz CT molecular complexity index is 1140. The SMILES string of the molecule is CCSc1ccc(CC(=O)Nc2ccc(-c3ccccc3OC(F)(F)F)c(C(F)(F)F)c2)cc1. The van der Waals surface area contributed by atoms with Crippen molar-refractivity contribution >= 4 is 23.4 Å². The van der Waals surface area contributed by atoms with E-state index in [0.717, 1.165) is 28.8 Å². The predicted molar refractivity (Wildman–Crippen MR) is 119 cm³/mol. The molecule has 3 nitrogen and oxygen atoms in total. The lowest BCUT2D eigenvalue weighted by Crippen LogP contribution is -2.18. The van der Waals surface area contributed by atoms with Gasteiger partial charge in [0.25, 0.3) is 0 Å². The Morgan fingerprint density at radius 2 is 1.59 bits per heavy atom. The van der Waals surface area contributed by atoms with Crippen LogP contribution in [-0.2, 0) is 17.4 Å². The molecule has 0 heterocycles. The van der Waals surface area contributed by atoms with Crippen molar-refractivity contribution in [3.8, 4) is 16.9 Å². The number of nitrogens with one attached hydrogen (secondary N) is 1. The first kappa shape index (κ1) is 25.5. The summed E-state index contributed by atoms with van der Waals surface area (Å²) >= 11 is 1.63. The lowest BCUT2D eigenvalue weighted by atomic mass is 9.97. The van der Waals surface area contributed by atoms with Gasteiger partial charge in [-0.1, -0.05) is 43.3 Å². The molecule has 0 unspecified atom stereocenters. The molecule has 0 radical (unpaired) electrons. The smallest absolute Gasteiger partial charge is 0.405 e. The predicted octanol–water partition coefficient (Wildman–Crippen LogP) is 7.56. The maximum atomic E-state index is 13.8. The molecule has 1 N–H and O–H groups in total. The number of para-hydroxylation sites is 1. The third-order valence-corrected chi connectivity index (χ3v) is 5.50. The molecule has 3 aromatic carbocycles. The van der Waals surface area contributed by atoms with Crippen LogP contribution < -0.4 is 10.1 Å². The zero-order valence-corrected chi connectivity index (χ0v) is 18.6. The van der Waals surface area contributed by atoms with Crippen molar-refractivity contribution in [2.45, 2.75) is 30.8 Å². The van der Waals surface area contributed by atoms with Gasteiger partial charge < -0.3 is 10.1 Å². The fraction of sp³-hybridized carbons (Fsp3) is 0.208. The van der Waals surface area contributed by atoms with E-state index in [-0.39, 0.29) is 17.7 Å². The van der Waals surface area contributed by atoms with Crippen molar-refractivity contribution in [1.82, 2.24) is 0 Å². The summed E-state index contributed by atoms with van der Waals surface area (Å²) in [4.78, 5) is 13.4. The number of halogens is 6. The molecule has 0 spiro atoms. The Hall–Kier alpha value is -3.14. The summed E-state index contributed by atoms with van der Waals surface area (Å²) in [5, 5.41) is 2.42. The highest BCUT2D eigenvalue weighted by atomic mass is 32.2. The highest BCUT2D eigenvalue weighted by Crippen LogP contribution is 2.42. The van der Waals surface area contributed by atoms with Crippen LogP contribution in [0.1, 0.15) is 18.1 Å².